The Morgan fingerprint density at radius 3 is 2.08 bits per heavy atom. The van der Waals surface area contributed by atoms with Gasteiger partial charge in [-0.25, -0.2) is 4.79 Å². The van der Waals surface area contributed by atoms with Gasteiger partial charge in [-0.1, -0.05) is 6.92 Å². The van der Waals surface area contributed by atoms with Gasteiger partial charge in [0.2, 0.25) is 5.91 Å². The van der Waals surface area contributed by atoms with Crippen LogP contribution >= 0.6 is 0 Å². The number of rotatable bonds is 7. The van der Waals surface area contributed by atoms with Gasteiger partial charge in [0, 0.05) is 5.41 Å². The van der Waals surface area contributed by atoms with Crippen LogP contribution in [0.15, 0.2) is 0 Å². The van der Waals surface area contributed by atoms with Gasteiger partial charge in [0.1, 0.15) is 6.04 Å². The third-order valence-electron chi connectivity index (χ3n) is 6.40. The highest BCUT2D eigenvalue weighted by Gasteiger charge is 2.55. The van der Waals surface area contributed by atoms with Crippen LogP contribution < -0.4 is 5.32 Å². The highest BCUT2D eigenvalue weighted by Crippen LogP contribution is 2.60. The van der Waals surface area contributed by atoms with E-state index in [1.54, 1.807) is 13.8 Å². The third-order valence-corrected chi connectivity index (χ3v) is 6.40. The molecule has 140 valence electrons. The summed E-state index contributed by atoms with van der Waals surface area (Å²) in [6, 6.07) is -1.04. The van der Waals surface area contributed by atoms with Crippen molar-refractivity contribution in [3.63, 3.8) is 0 Å². The molecule has 2 atom stereocenters. The van der Waals surface area contributed by atoms with Gasteiger partial charge >= 0.3 is 11.9 Å². The first-order valence-corrected chi connectivity index (χ1v) is 9.53. The van der Waals surface area contributed by atoms with Gasteiger partial charge in [0.25, 0.3) is 0 Å². The Bertz CT molecular complexity index is 523. The minimum absolute atomic E-state index is 0.0618. The molecule has 4 aliphatic rings. The Morgan fingerprint density at radius 1 is 1.12 bits per heavy atom. The first-order chi connectivity index (χ1) is 11.8. The summed E-state index contributed by atoms with van der Waals surface area (Å²) in [5, 5.41) is 12.3. The van der Waals surface area contributed by atoms with Crippen LogP contribution in [0.4, 0.5) is 0 Å². The lowest BCUT2D eigenvalue weighted by Crippen LogP contribution is -2.56. The van der Waals surface area contributed by atoms with Crippen LogP contribution in [0, 0.1) is 29.1 Å². The fourth-order valence-electron chi connectivity index (χ4n) is 5.66. The first-order valence-electron chi connectivity index (χ1n) is 9.53. The number of carboxylic acids is 1. The second-order valence-electron chi connectivity index (χ2n) is 8.45. The third kappa shape index (κ3) is 3.67. The van der Waals surface area contributed by atoms with E-state index in [0.717, 1.165) is 19.3 Å². The maximum Gasteiger partial charge on any atom is 0.326 e. The zero-order chi connectivity index (χ0) is 18.2. The molecule has 4 rings (SSSR count). The maximum atomic E-state index is 13.0. The van der Waals surface area contributed by atoms with Gasteiger partial charge in [-0.2, -0.15) is 0 Å². The van der Waals surface area contributed by atoms with E-state index < -0.39 is 23.9 Å². The van der Waals surface area contributed by atoms with Crippen molar-refractivity contribution in [2.45, 2.75) is 64.8 Å². The number of ether oxygens (including phenoxy) is 1. The maximum absolute atomic E-state index is 13.0. The molecular formula is C19H29NO5. The Morgan fingerprint density at radius 2 is 1.64 bits per heavy atom. The van der Waals surface area contributed by atoms with E-state index in [1.807, 2.05) is 0 Å². The molecule has 4 fully saturated rings. The summed E-state index contributed by atoms with van der Waals surface area (Å²) in [6.45, 7) is 3.62. The predicted octanol–water partition coefficient (Wildman–Crippen LogP) is 2.36. The molecule has 6 heteroatoms. The molecule has 0 radical (unpaired) electrons. The smallest absolute Gasteiger partial charge is 0.326 e. The summed E-state index contributed by atoms with van der Waals surface area (Å²) in [7, 11) is 0. The molecule has 0 aromatic heterocycles. The number of aliphatic carboxylic acids is 1. The highest BCUT2D eigenvalue weighted by atomic mass is 16.5. The molecule has 4 bridgehead atoms. The summed E-state index contributed by atoms with van der Waals surface area (Å²) in [5.41, 5.74) is -0.379. The molecule has 0 saturated heterocycles. The molecule has 0 aromatic rings. The van der Waals surface area contributed by atoms with Crippen molar-refractivity contribution in [2.75, 3.05) is 6.61 Å². The molecule has 1 amide bonds. The molecule has 4 aliphatic carbocycles. The van der Waals surface area contributed by atoms with Crippen molar-refractivity contribution in [3.05, 3.63) is 0 Å². The molecule has 6 nitrogen and oxygen atoms in total. The summed E-state index contributed by atoms with van der Waals surface area (Å²) >= 11 is 0. The van der Waals surface area contributed by atoms with Gasteiger partial charge in [-0.15, -0.1) is 0 Å². The topological polar surface area (TPSA) is 92.7 Å². The Kier molecular flexibility index (Phi) is 5.07. The van der Waals surface area contributed by atoms with Crippen LogP contribution in [-0.2, 0) is 19.1 Å². The second-order valence-corrected chi connectivity index (χ2v) is 8.45. The normalized spacial score (nSPS) is 35.0. The summed E-state index contributed by atoms with van der Waals surface area (Å²) in [6.07, 6.45) is 6.43. The number of carboxylic acid groups (broad SMARTS) is 1. The van der Waals surface area contributed by atoms with Crippen molar-refractivity contribution in [3.8, 4) is 0 Å². The summed E-state index contributed by atoms with van der Waals surface area (Å²) < 4.78 is 4.95. The molecule has 0 spiro atoms. The molecule has 25 heavy (non-hydrogen) atoms. The number of carbonyl (C=O) groups is 3. The molecule has 0 aromatic carbocycles. The van der Waals surface area contributed by atoms with E-state index in [2.05, 4.69) is 5.32 Å². The van der Waals surface area contributed by atoms with Crippen LogP contribution in [0.5, 0.6) is 0 Å². The van der Waals surface area contributed by atoms with E-state index in [1.165, 1.54) is 19.3 Å². The van der Waals surface area contributed by atoms with Crippen LogP contribution in [0.25, 0.3) is 0 Å². The van der Waals surface area contributed by atoms with E-state index in [9.17, 15) is 19.5 Å². The van der Waals surface area contributed by atoms with Crippen molar-refractivity contribution < 1.29 is 24.2 Å². The second kappa shape index (κ2) is 6.96. The molecule has 2 N–H and O–H groups in total. The highest BCUT2D eigenvalue weighted by molar-refractivity contribution is 5.88. The predicted molar refractivity (Wildman–Crippen MR) is 90.6 cm³/mol. The molecule has 4 saturated carbocycles. The van der Waals surface area contributed by atoms with E-state index in [-0.39, 0.29) is 24.3 Å². The zero-order valence-corrected chi connectivity index (χ0v) is 15.1. The fourth-order valence-corrected chi connectivity index (χ4v) is 5.66. The Hall–Kier alpha value is -1.59. The summed E-state index contributed by atoms with van der Waals surface area (Å²) in [4.78, 5) is 36.4. The average molecular weight is 351 g/mol. The number of carbonyl (C=O) groups excluding carboxylic acids is 2. The van der Waals surface area contributed by atoms with Crippen molar-refractivity contribution in [2.24, 2.45) is 29.1 Å². The Balaban J connectivity index is 1.65. The number of hydrogen-bond acceptors (Lipinski definition) is 4. The van der Waals surface area contributed by atoms with E-state index in [4.69, 9.17) is 4.74 Å². The quantitative estimate of drug-likeness (QED) is 0.687. The van der Waals surface area contributed by atoms with Gasteiger partial charge in [-0.3, -0.25) is 9.59 Å². The van der Waals surface area contributed by atoms with E-state index >= 15 is 0 Å². The Labute approximate surface area is 148 Å². The first kappa shape index (κ1) is 18.2. The summed E-state index contributed by atoms with van der Waals surface area (Å²) in [5.74, 6) is -0.309. The van der Waals surface area contributed by atoms with Crippen LogP contribution in [-0.4, -0.2) is 35.6 Å². The zero-order valence-electron chi connectivity index (χ0n) is 15.1. The van der Waals surface area contributed by atoms with Crippen LogP contribution in [0.1, 0.15) is 58.8 Å². The number of nitrogens with one attached hydrogen (secondary N) is 1. The fraction of sp³-hybridized carbons (Fsp3) is 0.842. The van der Waals surface area contributed by atoms with Crippen molar-refractivity contribution in [1.29, 1.82) is 0 Å². The molecule has 0 aliphatic heterocycles. The number of esters is 1. The molecular weight excluding hydrogens is 322 g/mol. The molecule has 0 unspecified atom stereocenters. The number of hydrogen-bond donors (Lipinski definition) is 2. The van der Waals surface area contributed by atoms with Crippen molar-refractivity contribution in [1.82, 2.24) is 5.32 Å². The van der Waals surface area contributed by atoms with Gasteiger partial charge in [0.05, 0.1) is 12.5 Å². The minimum atomic E-state index is -1.09. The number of amides is 1. The van der Waals surface area contributed by atoms with Gasteiger partial charge in [0.15, 0.2) is 0 Å². The average Bonchev–Trinajstić information content (AvgIpc) is 2.52. The largest absolute Gasteiger partial charge is 0.480 e. The lowest BCUT2D eigenvalue weighted by atomic mass is 9.49. The standard InChI is InChI=1S/C19H29NO5/c1-3-25-17(23)11(2)4-15(16(21)22)20-18(24)19-8-12-5-13(9-19)7-14(6-12)10-19/h11-15H,3-10H2,1-2H3,(H,20,24)(H,21,22)/t11-,12?,13?,14?,15+,19?/m0/s1. The lowest BCUT2D eigenvalue weighted by molar-refractivity contribution is -0.153. The van der Waals surface area contributed by atoms with Gasteiger partial charge in [-0.05, 0) is 69.6 Å². The lowest BCUT2D eigenvalue weighted by Gasteiger charge is -2.55. The monoisotopic (exact) mass is 351 g/mol. The SMILES string of the molecule is CCOC(=O)[C@@H](C)C[C@@H](NC(=O)C12CC3CC(CC(C3)C1)C2)C(=O)O. The minimum Gasteiger partial charge on any atom is -0.480 e. The van der Waals surface area contributed by atoms with Gasteiger partial charge < -0.3 is 15.2 Å². The van der Waals surface area contributed by atoms with Crippen molar-refractivity contribution >= 4 is 17.8 Å². The molecule has 0 heterocycles. The van der Waals surface area contributed by atoms with Crippen LogP contribution in [0.3, 0.4) is 0 Å². The van der Waals surface area contributed by atoms with E-state index in [0.29, 0.717) is 17.8 Å². The van der Waals surface area contributed by atoms with Crippen LogP contribution in [0.2, 0.25) is 0 Å².